The number of para-hydroxylation sites is 1. The molecule has 0 aliphatic carbocycles. The molecule has 0 aliphatic rings. The lowest BCUT2D eigenvalue weighted by molar-refractivity contribution is 0.221. The van der Waals surface area contributed by atoms with Gasteiger partial charge in [-0.25, -0.2) is 4.98 Å². The summed E-state index contributed by atoms with van der Waals surface area (Å²) in [5, 5.41) is 13.6. The Morgan fingerprint density at radius 2 is 2.11 bits per heavy atom. The van der Waals surface area contributed by atoms with Crippen molar-refractivity contribution in [2.24, 2.45) is 13.0 Å². The summed E-state index contributed by atoms with van der Waals surface area (Å²) in [6.45, 7) is 0.116. The fraction of sp³-hybridized carbons (Fsp3) is 0.429. The number of rotatable bonds is 6. The highest BCUT2D eigenvalue weighted by Gasteiger charge is 2.15. The minimum Gasteiger partial charge on any atom is -0.496 e. The minimum absolute atomic E-state index is 0.110. The molecule has 1 heterocycles. The average molecular weight is 261 g/mol. The van der Waals surface area contributed by atoms with Gasteiger partial charge in [-0.15, -0.1) is 0 Å². The largest absolute Gasteiger partial charge is 0.496 e. The predicted molar refractivity (Wildman–Crippen MR) is 72.0 cm³/mol. The SMILES string of the molecule is COc1ccccc1CC(CO)Cc1ncnn1C. The van der Waals surface area contributed by atoms with Crippen molar-refractivity contribution in [3.63, 3.8) is 0 Å². The lowest BCUT2D eigenvalue weighted by Crippen LogP contribution is -2.16. The van der Waals surface area contributed by atoms with Crippen LogP contribution >= 0.6 is 0 Å². The minimum atomic E-state index is 0.110. The first-order valence-corrected chi connectivity index (χ1v) is 6.30. The molecule has 19 heavy (non-hydrogen) atoms. The highest BCUT2D eigenvalue weighted by Crippen LogP contribution is 2.22. The molecular formula is C14H19N3O2. The second-order valence-corrected chi connectivity index (χ2v) is 4.57. The monoisotopic (exact) mass is 261 g/mol. The first-order valence-electron chi connectivity index (χ1n) is 6.30. The number of methoxy groups -OCH3 is 1. The number of hydrogen-bond acceptors (Lipinski definition) is 4. The van der Waals surface area contributed by atoms with Gasteiger partial charge >= 0.3 is 0 Å². The molecule has 1 N–H and O–H groups in total. The van der Waals surface area contributed by atoms with E-state index in [1.807, 2.05) is 31.3 Å². The van der Waals surface area contributed by atoms with Crippen molar-refractivity contribution in [3.8, 4) is 5.75 Å². The van der Waals surface area contributed by atoms with Crippen LogP contribution in [0.5, 0.6) is 5.75 Å². The van der Waals surface area contributed by atoms with Crippen LogP contribution in [0.15, 0.2) is 30.6 Å². The summed E-state index contributed by atoms with van der Waals surface area (Å²) in [7, 11) is 3.52. The molecule has 0 fully saturated rings. The summed E-state index contributed by atoms with van der Waals surface area (Å²) in [4.78, 5) is 4.20. The van der Waals surface area contributed by atoms with Gasteiger partial charge < -0.3 is 9.84 Å². The zero-order valence-corrected chi connectivity index (χ0v) is 11.3. The zero-order chi connectivity index (χ0) is 13.7. The molecule has 1 aromatic heterocycles. The fourth-order valence-corrected chi connectivity index (χ4v) is 2.15. The highest BCUT2D eigenvalue weighted by molar-refractivity contribution is 5.33. The van der Waals surface area contributed by atoms with E-state index in [0.29, 0.717) is 6.42 Å². The number of nitrogens with zero attached hydrogens (tertiary/aromatic N) is 3. The molecule has 2 aromatic rings. The van der Waals surface area contributed by atoms with Gasteiger partial charge in [-0.2, -0.15) is 5.10 Å². The molecule has 2 rings (SSSR count). The fourth-order valence-electron chi connectivity index (χ4n) is 2.15. The van der Waals surface area contributed by atoms with Crippen molar-refractivity contribution in [2.45, 2.75) is 12.8 Å². The van der Waals surface area contributed by atoms with E-state index in [4.69, 9.17) is 4.74 Å². The quantitative estimate of drug-likeness (QED) is 0.849. The zero-order valence-electron chi connectivity index (χ0n) is 11.3. The Morgan fingerprint density at radius 1 is 1.32 bits per heavy atom. The number of aliphatic hydroxyl groups excluding tert-OH is 1. The number of hydrogen-bond donors (Lipinski definition) is 1. The Morgan fingerprint density at radius 3 is 2.74 bits per heavy atom. The van der Waals surface area contributed by atoms with Gasteiger partial charge in [0.1, 0.15) is 17.9 Å². The van der Waals surface area contributed by atoms with Crippen molar-refractivity contribution in [1.29, 1.82) is 0 Å². The van der Waals surface area contributed by atoms with Crippen LogP contribution in [0.4, 0.5) is 0 Å². The number of aliphatic hydroxyl groups is 1. The highest BCUT2D eigenvalue weighted by atomic mass is 16.5. The van der Waals surface area contributed by atoms with E-state index in [0.717, 1.165) is 23.6 Å². The van der Waals surface area contributed by atoms with Crippen LogP contribution in [0.1, 0.15) is 11.4 Å². The van der Waals surface area contributed by atoms with Crippen LogP contribution < -0.4 is 4.74 Å². The van der Waals surface area contributed by atoms with Gasteiger partial charge in [0.25, 0.3) is 0 Å². The molecule has 0 spiro atoms. The third-order valence-corrected chi connectivity index (χ3v) is 3.24. The normalized spacial score (nSPS) is 12.4. The standard InChI is InChI=1S/C14H19N3O2/c1-17-14(15-10-16-17)8-11(9-18)7-12-5-3-4-6-13(12)19-2/h3-6,10-11,18H,7-9H2,1-2H3. The van der Waals surface area contributed by atoms with Crippen LogP contribution in [-0.2, 0) is 19.9 Å². The second kappa shape index (κ2) is 6.33. The third kappa shape index (κ3) is 3.32. The molecule has 0 aliphatic heterocycles. The molecule has 5 heteroatoms. The molecule has 1 unspecified atom stereocenters. The van der Waals surface area contributed by atoms with Gasteiger partial charge in [-0.05, 0) is 24.0 Å². The second-order valence-electron chi connectivity index (χ2n) is 4.57. The van der Waals surface area contributed by atoms with Gasteiger partial charge in [0.2, 0.25) is 0 Å². The number of ether oxygens (including phenoxy) is 1. The van der Waals surface area contributed by atoms with Gasteiger partial charge in [-0.1, -0.05) is 18.2 Å². The van der Waals surface area contributed by atoms with Gasteiger partial charge in [0.05, 0.1) is 7.11 Å². The van der Waals surface area contributed by atoms with E-state index in [1.54, 1.807) is 11.8 Å². The molecule has 0 bridgehead atoms. The maximum atomic E-state index is 9.54. The van der Waals surface area contributed by atoms with Crippen molar-refractivity contribution < 1.29 is 9.84 Å². The van der Waals surface area contributed by atoms with E-state index < -0.39 is 0 Å². The Balaban J connectivity index is 2.09. The molecular weight excluding hydrogens is 242 g/mol. The van der Waals surface area contributed by atoms with E-state index in [2.05, 4.69) is 10.1 Å². The lowest BCUT2D eigenvalue weighted by atomic mass is 9.96. The van der Waals surface area contributed by atoms with Crippen LogP contribution in [0.2, 0.25) is 0 Å². The van der Waals surface area contributed by atoms with Crippen molar-refractivity contribution in [1.82, 2.24) is 14.8 Å². The Kier molecular flexibility index (Phi) is 4.52. The maximum absolute atomic E-state index is 9.54. The topological polar surface area (TPSA) is 60.2 Å². The summed E-state index contributed by atoms with van der Waals surface area (Å²) in [6.07, 6.45) is 2.99. The van der Waals surface area contributed by atoms with Gasteiger partial charge in [0.15, 0.2) is 0 Å². The molecule has 102 valence electrons. The van der Waals surface area contributed by atoms with Crippen LogP contribution in [0, 0.1) is 5.92 Å². The molecule has 0 saturated heterocycles. The van der Waals surface area contributed by atoms with E-state index >= 15 is 0 Å². The lowest BCUT2D eigenvalue weighted by Gasteiger charge is -2.15. The van der Waals surface area contributed by atoms with Crippen molar-refractivity contribution >= 4 is 0 Å². The Bertz CT molecular complexity index is 525. The van der Waals surface area contributed by atoms with Crippen molar-refractivity contribution in [3.05, 3.63) is 42.0 Å². The first-order chi connectivity index (χ1) is 9.24. The van der Waals surface area contributed by atoms with E-state index in [1.165, 1.54) is 6.33 Å². The maximum Gasteiger partial charge on any atom is 0.138 e. The number of aromatic nitrogens is 3. The molecule has 0 saturated carbocycles. The summed E-state index contributed by atoms with van der Waals surface area (Å²) in [5.41, 5.74) is 1.10. The molecule has 5 nitrogen and oxygen atoms in total. The summed E-state index contributed by atoms with van der Waals surface area (Å²) < 4.78 is 7.08. The van der Waals surface area contributed by atoms with Crippen LogP contribution in [0.3, 0.4) is 0 Å². The van der Waals surface area contributed by atoms with E-state index in [-0.39, 0.29) is 12.5 Å². The summed E-state index contributed by atoms with van der Waals surface area (Å²) >= 11 is 0. The van der Waals surface area contributed by atoms with Gasteiger partial charge in [0, 0.05) is 20.1 Å². The van der Waals surface area contributed by atoms with Gasteiger partial charge in [-0.3, -0.25) is 4.68 Å². The third-order valence-electron chi connectivity index (χ3n) is 3.24. The molecule has 1 atom stereocenters. The van der Waals surface area contributed by atoms with Crippen LogP contribution in [-0.4, -0.2) is 33.6 Å². The molecule has 1 aromatic carbocycles. The Labute approximate surface area is 112 Å². The summed E-state index contributed by atoms with van der Waals surface area (Å²) in [5.74, 6) is 1.85. The number of benzene rings is 1. The van der Waals surface area contributed by atoms with E-state index in [9.17, 15) is 5.11 Å². The predicted octanol–water partition coefficient (Wildman–Crippen LogP) is 1.22. The number of aryl methyl sites for hydroxylation is 1. The molecule has 0 radical (unpaired) electrons. The smallest absolute Gasteiger partial charge is 0.138 e. The average Bonchev–Trinajstić information content (AvgIpc) is 2.84. The first kappa shape index (κ1) is 13.5. The Hall–Kier alpha value is -1.88. The van der Waals surface area contributed by atoms with Crippen LogP contribution in [0.25, 0.3) is 0 Å². The molecule has 0 amide bonds. The summed E-state index contributed by atoms with van der Waals surface area (Å²) in [6, 6.07) is 7.89. The van der Waals surface area contributed by atoms with Crippen molar-refractivity contribution in [2.75, 3.05) is 13.7 Å².